The van der Waals surface area contributed by atoms with Gasteiger partial charge in [-0.2, -0.15) is 0 Å². The molecule has 0 aliphatic heterocycles. The Kier molecular flexibility index (Phi) is 16.9. The molecule has 0 saturated heterocycles. The average molecular weight is 359 g/mol. The van der Waals surface area contributed by atoms with Crippen molar-refractivity contribution in [3.05, 3.63) is 0 Å². The molecule has 0 radical (unpaired) electrons. The summed E-state index contributed by atoms with van der Waals surface area (Å²) in [6.45, 7) is 8.28. The zero-order valence-corrected chi connectivity index (χ0v) is 16.5. The molecule has 0 unspecified atom stereocenters. The standard InChI is InChI=1S/C20H38O5/c1-4-23-16-17-25-20(22)14-10-8-6-5-7-9-13-19(21)24-15-11-12-18(2)3/h18H,4-17H2,1-3H3. The lowest BCUT2D eigenvalue weighted by atomic mass is 10.1. The Morgan fingerprint density at radius 1 is 0.720 bits per heavy atom. The van der Waals surface area contributed by atoms with E-state index in [1.54, 1.807) is 0 Å². The van der Waals surface area contributed by atoms with Crippen molar-refractivity contribution in [2.45, 2.75) is 85.0 Å². The molecule has 0 aromatic rings. The van der Waals surface area contributed by atoms with Crippen LogP contribution >= 0.6 is 0 Å². The minimum absolute atomic E-state index is 0.0708. The van der Waals surface area contributed by atoms with Crippen LogP contribution in [0.1, 0.15) is 85.0 Å². The van der Waals surface area contributed by atoms with Gasteiger partial charge in [0.1, 0.15) is 6.61 Å². The molecule has 25 heavy (non-hydrogen) atoms. The summed E-state index contributed by atoms with van der Waals surface area (Å²) < 4.78 is 15.4. The summed E-state index contributed by atoms with van der Waals surface area (Å²) in [6, 6.07) is 0. The second-order valence-electron chi connectivity index (χ2n) is 6.80. The van der Waals surface area contributed by atoms with E-state index in [0.29, 0.717) is 45.2 Å². The molecule has 5 heteroatoms. The van der Waals surface area contributed by atoms with Crippen molar-refractivity contribution < 1.29 is 23.8 Å². The number of carbonyl (C=O) groups excluding carboxylic acids is 2. The van der Waals surface area contributed by atoms with Crippen LogP contribution in [0.4, 0.5) is 0 Å². The predicted octanol–water partition coefficient (Wildman–Crippen LogP) is 4.67. The first-order chi connectivity index (χ1) is 12.1. The van der Waals surface area contributed by atoms with Crippen molar-refractivity contribution in [3.63, 3.8) is 0 Å². The zero-order valence-electron chi connectivity index (χ0n) is 16.5. The van der Waals surface area contributed by atoms with Crippen molar-refractivity contribution in [2.24, 2.45) is 5.92 Å². The van der Waals surface area contributed by atoms with Crippen molar-refractivity contribution >= 4 is 11.9 Å². The van der Waals surface area contributed by atoms with Gasteiger partial charge in [0, 0.05) is 19.4 Å². The van der Waals surface area contributed by atoms with Crippen molar-refractivity contribution in [3.8, 4) is 0 Å². The Morgan fingerprint density at radius 3 is 1.76 bits per heavy atom. The maximum absolute atomic E-state index is 11.5. The predicted molar refractivity (Wildman–Crippen MR) is 99.4 cm³/mol. The highest BCUT2D eigenvalue weighted by Crippen LogP contribution is 2.10. The number of carbonyl (C=O) groups is 2. The van der Waals surface area contributed by atoms with E-state index in [9.17, 15) is 9.59 Å². The number of unbranched alkanes of at least 4 members (excludes halogenated alkanes) is 5. The Hall–Kier alpha value is -1.10. The van der Waals surface area contributed by atoms with E-state index in [2.05, 4.69) is 13.8 Å². The molecule has 0 atom stereocenters. The lowest BCUT2D eigenvalue weighted by molar-refractivity contribution is -0.145. The van der Waals surface area contributed by atoms with Crippen LogP contribution < -0.4 is 0 Å². The maximum Gasteiger partial charge on any atom is 0.305 e. The molecule has 0 aromatic heterocycles. The summed E-state index contributed by atoms with van der Waals surface area (Å²) in [5.41, 5.74) is 0. The molecule has 0 aliphatic rings. The summed E-state index contributed by atoms with van der Waals surface area (Å²) in [5.74, 6) is 0.453. The average Bonchev–Trinajstić information content (AvgIpc) is 2.57. The fraction of sp³-hybridized carbons (Fsp3) is 0.900. The summed E-state index contributed by atoms with van der Waals surface area (Å²) in [5, 5.41) is 0. The van der Waals surface area contributed by atoms with Crippen LogP contribution in [0.5, 0.6) is 0 Å². The highest BCUT2D eigenvalue weighted by Gasteiger charge is 2.04. The van der Waals surface area contributed by atoms with Crippen LogP contribution in [0.25, 0.3) is 0 Å². The van der Waals surface area contributed by atoms with E-state index in [4.69, 9.17) is 14.2 Å². The van der Waals surface area contributed by atoms with Crippen LogP contribution in [0.15, 0.2) is 0 Å². The molecular weight excluding hydrogens is 320 g/mol. The minimum Gasteiger partial charge on any atom is -0.466 e. The lowest BCUT2D eigenvalue weighted by Gasteiger charge is -2.06. The van der Waals surface area contributed by atoms with Crippen LogP contribution in [0.2, 0.25) is 0 Å². The van der Waals surface area contributed by atoms with E-state index >= 15 is 0 Å². The van der Waals surface area contributed by atoms with E-state index in [-0.39, 0.29) is 11.9 Å². The topological polar surface area (TPSA) is 61.8 Å². The molecule has 0 aromatic carbocycles. The van der Waals surface area contributed by atoms with E-state index in [1.165, 1.54) is 0 Å². The first-order valence-electron chi connectivity index (χ1n) is 9.95. The third-order valence-electron chi connectivity index (χ3n) is 3.90. The number of hydrogen-bond acceptors (Lipinski definition) is 5. The van der Waals surface area contributed by atoms with Crippen molar-refractivity contribution in [1.82, 2.24) is 0 Å². The molecular formula is C20H38O5. The number of hydrogen-bond donors (Lipinski definition) is 0. The zero-order chi connectivity index (χ0) is 18.8. The summed E-state index contributed by atoms with van der Waals surface area (Å²) >= 11 is 0. The molecule has 5 nitrogen and oxygen atoms in total. The first kappa shape index (κ1) is 23.9. The largest absolute Gasteiger partial charge is 0.466 e. The normalized spacial score (nSPS) is 10.9. The molecule has 0 saturated carbocycles. The Bertz CT molecular complexity index is 328. The van der Waals surface area contributed by atoms with Crippen LogP contribution in [-0.4, -0.2) is 38.4 Å². The van der Waals surface area contributed by atoms with Gasteiger partial charge < -0.3 is 14.2 Å². The molecule has 0 amide bonds. The molecule has 0 aliphatic carbocycles. The fourth-order valence-corrected chi connectivity index (χ4v) is 2.43. The quantitative estimate of drug-likeness (QED) is 0.279. The second-order valence-corrected chi connectivity index (χ2v) is 6.80. The molecule has 0 N–H and O–H groups in total. The summed E-state index contributed by atoms with van der Waals surface area (Å²) in [7, 11) is 0. The van der Waals surface area contributed by atoms with E-state index < -0.39 is 0 Å². The Labute approximate surface area is 153 Å². The third-order valence-corrected chi connectivity index (χ3v) is 3.90. The molecule has 148 valence electrons. The minimum atomic E-state index is -0.139. The number of rotatable bonds is 17. The van der Waals surface area contributed by atoms with Crippen LogP contribution in [0, 0.1) is 5.92 Å². The smallest absolute Gasteiger partial charge is 0.305 e. The maximum atomic E-state index is 11.5. The molecule has 0 fully saturated rings. The molecule has 0 spiro atoms. The molecule has 0 bridgehead atoms. The van der Waals surface area contributed by atoms with Gasteiger partial charge >= 0.3 is 11.9 Å². The lowest BCUT2D eigenvalue weighted by Crippen LogP contribution is -2.10. The van der Waals surface area contributed by atoms with Gasteiger partial charge in [-0.05, 0) is 38.5 Å². The van der Waals surface area contributed by atoms with Gasteiger partial charge in [0.05, 0.1) is 13.2 Å². The SMILES string of the molecule is CCOCCOC(=O)CCCCCCCCC(=O)OCCCC(C)C. The summed E-state index contributed by atoms with van der Waals surface area (Å²) in [6.07, 6.45) is 9.08. The van der Waals surface area contributed by atoms with Gasteiger partial charge in [-0.1, -0.05) is 39.5 Å². The van der Waals surface area contributed by atoms with E-state index in [0.717, 1.165) is 51.4 Å². The first-order valence-corrected chi connectivity index (χ1v) is 9.95. The second kappa shape index (κ2) is 17.7. The van der Waals surface area contributed by atoms with Crippen molar-refractivity contribution in [2.75, 3.05) is 26.4 Å². The van der Waals surface area contributed by atoms with Gasteiger partial charge in [0.2, 0.25) is 0 Å². The summed E-state index contributed by atoms with van der Waals surface area (Å²) in [4.78, 5) is 23.0. The fourth-order valence-electron chi connectivity index (χ4n) is 2.43. The van der Waals surface area contributed by atoms with Crippen LogP contribution in [0.3, 0.4) is 0 Å². The Balaban J connectivity index is 3.27. The number of ether oxygens (including phenoxy) is 3. The Morgan fingerprint density at radius 2 is 1.24 bits per heavy atom. The molecule has 0 rings (SSSR count). The number of esters is 2. The highest BCUT2D eigenvalue weighted by atomic mass is 16.6. The van der Waals surface area contributed by atoms with Gasteiger partial charge in [0.15, 0.2) is 0 Å². The monoisotopic (exact) mass is 358 g/mol. The third kappa shape index (κ3) is 19.1. The van der Waals surface area contributed by atoms with Crippen LogP contribution in [-0.2, 0) is 23.8 Å². The van der Waals surface area contributed by atoms with Crippen molar-refractivity contribution in [1.29, 1.82) is 0 Å². The van der Waals surface area contributed by atoms with Gasteiger partial charge in [-0.15, -0.1) is 0 Å². The van der Waals surface area contributed by atoms with Gasteiger partial charge in [0.25, 0.3) is 0 Å². The van der Waals surface area contributed by atoms with Gasteiger partial charge in [-0.3, -0.25) is 9.59 Å². The van der Waals surface area contributed by atoms with Gasteiger partial charge in [-0.25, -0.2) is 0 Å². The highest BCUT2D eigenvalue weighted by molar-refractivity contribution is 5.69. The van der Waals surface area contributed by atoms with E-state index in [1.807, 2.05) is 6.92 Å². The molecule has 0 heterocycles.